The average Bonchev–Trinajstić information content (AvgIpc) is 3.13. The van der Waals surface area contributed by atoms with Crippen molar-refractivity contribution >= 4 is 33.1 Å². The molecular formula is C23H27FN4S. The van der Waals surface area contributed by atoms with Gasteiger partial charge in [-0.05, 0) is 61.9 Å². The van der Waals surface area contributed by atoms with Crippen molar-refractivity contribution in [1.29, 1.82) is 0 Å². The molecule has 6 heteroatoms. The largest absolute Gasteiger partial charge is 0.368 e. The minimum Gasteiger partial charge on any atom is -0.368 e. The van der Waals surface area contributed by atoms with Crippen LogP contribution in [0.4, 0.5) is 15.9 Å². The van der Waals surface area contributed by atoms with E-state index in [9.17, 15) is 4.39 Å². The maximum Gasteiger partial charge on any atom is 0.141 e. The van der Waals surface area contributed by atoms with Gasteiger partial charge in [0.1, 0.15) is 22.3 Å². The van der Waals surface area contributed by atoms with Crippen LogP contribution in [0.5, 0.6) is 0 Å². The third kappa shape index (κ3) is 3.59. The molecule has 5 rings (SSSR count). The van der Waals surface area contributed by atoms with Gasteiger partial charge < -0.3 is 9.80 Å². The molecule has 0 spiro atoms. The van der Waals surface area contributed by atoms with Crippen LogP contribution in [0.15, 0.2) is 24.3 Å². The van der Waals surface area contributed by atoms with Crippen molar-refractivity contribution in [2.45, 2.75) is 45.4 Å². The molecule has 1 fully saturated rings. The lowest BCUT2D eigenvalue weighted by molar-refractivity contribution is 0.624. The number of anilines is 2. The number of piperazine rings is 1. The summed E-state index contributed by atoms with van der Waals surface area (Å²) in [7, 11) is 0. The number of halogens is 1. The van der Waals surface area contributed by atoms with E-state index in [2.05, 4.69) is 16.7 Å². The Balaban J connectivity index is 1.46. The van der Waals surface area contributed by atoms with Gasteiger partial charge in [-0.25, -0.2) is 14.4 Å². The number of benzene rings is 1. The van der Waals surface area contributed by atoms with Crippen LogP contribution < -0.4 is 9.80 Å². The summed E-state index contributed by atoms with van der Waals surface area (Å²) in [5.74, 6) is 1.95. The second-order valence-corrected chi connectivity index (χ2v) is 9.14. The first kappa shape index (κ1) is 18.8. The quantitative estimate of drug-likeness (QED) is 0.607. The molecular weight excluding hydrogens is 383 g/mol. The zero-order valence-electron chi connectivity index (χ0n) is 17.0. The molecule has 4 nitrogen and oxygen atoms in total. The highest BCUT2D eigenvalue weighted by molar-refractivity contribution is 7.19. The normalized spacial score (nSPS) is 17.0. The summed E-state index contributed by atoms with van der Waals surface area (Å²) < 4.78 is 13.3. The molecule has 0 bridgehead atoms. The van der Waals surface area contributed by atoms with E-state index in [-0.39, 0.29) is 5.82 Å². The maximum absolute atomic E-state index is 13.3. The highest BCUT2D eigenvalue weighted by Gasteiger charge is 2.26. The van der Waals surface area contributed by atoms with E-state index in [1.165, 1.54) is 39.9 Å². The maximum atomic E-state index is 13.3. The summed E-state index contributed by atoms with van der Waals surface area (Å²) in [4.78, 5) is 17.5. The molecule has 152 valence electrons. The van der Waals surface area contributed by atoms with Crippen molar-refractivity contribution in [2.75, 3.05) is 36.0 Å². The lowest BCUT2D eigenvalue weighted by Gasteiger charge is -2.37. The zero-order chi connectivity index (χ0) is 19.8. The topological polar surface area (TPSA) is 32.3 Å². The lowest BCUT2D eigenvalue weighted by atomic mass is 9.97. The molecule has 0 radical (unpaired) electrons. The molecule has 0 saturated carbocycles. The fourth-order valence-electron chi connectivity index (χ4n) is 4.57. The molecule has 2 aromatic heterocycles. The highest BCUT2D eigenvalue weighted by Crippen LogP contribution is 2.40. The van der Waals surface area contributed by atoms with E-state index in [4.69, 9.17) is 9.97 Å². The summed E-state index contributed by atoms with van der Waals surface area (Å²) >= 11 is 1.89. The van der Waals surface area contributed by atoms with Gasteiger partial charge in [-0.1, -0.05) is 6.92 Å². The molecule has 2 aliphatic rings. The Kier molecular flexibility index (Phi) is 5.12. The number of fused-ring (bicyclic) bond motifs is 3. The Morgan fingerprint density at radius 2 is 1.69 bits per heavy atom. The number of thiophene rings is 1. The Hall–Kier alpha value is -2.21. The van der Waals surface area contributed by atoms with Gasteiger partial charge in [-0.3, -0.25) is 0 Å². The van der Waals surface area contributed by atoms with E-state index in [0.29, 0.717) is 0 Å². The average molecular weight is 411 g/mol. The molecule has 0 atom stereocenters. The van der Waals surface area contributed by atoms with Crippen molar-refractivity contribution in [1.82, 2.24) is 9.97 Å². The molecule has 0 amide bonds. The summed E-state index contributed by atoms with van der Waals surface area (Å²) in [6.45, 7) is 5.90. The molecule has 1 saturated heterocycles. The van der Waals surface area contributed by atoms with Gasteiger partial charge in [0.15, 0.2) is 0 Å². The van der Waals surface area contributed by atoms with Gasteiger partial charge in [-0.15, -0.1) is 11.3 Å². The number of aromatic nitrogens is 2. The molecule has 0 unspecified atom stereocenters. The van der Waals surface area contributed by atoms with E-state index in [1.54, 1.807) is 12.1 Å². The summed E-state index contributed by atoms with van der Waals surface area (Å²) in [5, 5.41) is 1.32. The van der Waals surface area contributed by atoms with Crippen LogP contribution in [-0.4, -0.2) is 36.1 Å². The van der Waals surface area contributed by atoms with Crippen molar-refractivity contribution in [3.8, 4) is 0 Å². The van der Waals surface area contributed by atoms with Crippen LogP contribution in [0.1, 0.15) is 42.5 Å². The first-order valence-corrected chi connectivity index (χ1v) is 11.6. The summed E-state index contributed by atoms with van der Waals surface area (Å²) in [5.41, 5.74) is 2.61. The van der Waals surface area contributed by atoms with Crippen molar-refractivity contribution in [3.05, 3.63) is 46.3 Å². The van der Waals surface area contributed by atoms with Crippen LogP contribution in [0, 0.1) is 5.82 Å². The van der Waals surface area contributed by atoms with Gasteiger partial charge in [0.2, 0.25) is 0 Å². The van der Waals surface area contributed by atoms with Crippen LogP contribution in [0.25, 0.3) is 10.2 Å². The first-order valence-electron chi connectivity index (χ1n) is 10.8. The number of rotatable bonds is 4. The molecule has 0 N–H and O–H groups in total. The number of hydrogen-bond donors (Lipinski definition) is 0. The van der Waals surface area contributed by atoms with Crippen LogP contribution >= 0.6 is 11.3 Å². The third-order valence-corrected chi connectivity index (χ3v) is 7.27. The molecule has 29 heavy (non-hydrogen) atoms. The summed E-state index contributed by atoms with van der Waals surface area (Å²) in [6, 6.07) is 6.85. The van der Waals surface area contributed by atoms with Crippen LogP contribution in [0.3, 0.4) is 0 Å². The van der Waals surface area contributed by atoms with E-state index in [0.717, 1.165) is 62.8 Å². The molecule has 1 aromatic carbocycles. The second kappa shape index (κ2) is 7.90. The molecule has 3 aromatic rings. The fourth-order valence-corrected chi connectivity index (χ4v) is 5.85. The molecule has 3 heterocycles. The number of nitrogens with zero attached hydrogens (tertiary/aromatic N) is 4. The zero-order valence-corrected chi connectivity index (χ0v) is 17.8. The van der Waals surface area contributed by atoms with Gasteiger partial charge >= 0.3 is 0 Å². The number of hydrogen-bond acceptors (Lipinski definition) is 5. The minimum atomic E-state index is -0.179. The highest BCUT2D eigenvalue weighted by atomic mass is 32.1. The second-order valence-electron chi connectivity index (χ2n) is 8.06. The predicted octanol–water partition coefficient (Wildman–Crippen LogP) is 4.99. The van der Waals surface area contributed by atoms with Crippen molar-refractivity contribution in [3.63, 3.8) is 0 Å². The fraction of sp³-hybridized carbons (Fsp3) is 0.478. The monoisotopic (exact) mass is 410 g/mol. The van der Waals surface area contributed by atoms with Gasteiger partial charge in [0.25, 0.3) is 0 Å². The smallest absolute Gasteiger partial charge is 0.141 e. The van der Waals surface area contributed by atoms with E-state index in [1.807, 2.05) is 23.5 Å². The summed E-state index contributed by atoms with van der Waals surface area (Å²) in [6.07, 6.45) is 6.91. The van der Waals surface area contributed by atoms with E-state index >= 15 is 0 Å². The number of aryl methyl sites for hydroxylation is 3. The third-order valence-electron chi connectivity index (χ3n) is 6.09. The van der Waals surface area contributed by atoms with Gasteiger partial charge in [0.05, 0.1) is 5.39 Å². The lowest BCUT2D eigenvalue weighted by Crippen LogP contribution is -2.47. The minimum absolute atomic E-state index is 0.179. The van der Waals surface area contributed by atoms with Crippen molar-refractivity contribution in [2.24, 2.45) is 0 Å². The first-order chi connectivity index (χ1) is 14.2. The molecule has 1 aliphatic heterocycles. The van der Waals surface area contributed by atoms with Crippen LogP contribution in [-0.2, 0) is 19.3 Å². The van der Waals surface area contributed by atoms with Gasteiger partial charge in [0, 0.05) is 43.2 Å². The Bertz CT molecular complexity index is 1010. The SMILES string of the molecule is CCCc1nc(N2CCN(c3ccc(F)cc3)CC2)c2c3c(sc2n1)CCCC3. The Morgan fingerprint density at radius 3 is 2.45 bits per heavy atom. The van der Waals surface area contributed by atoms with Crippen LogP contribution in [0.2, 0.25) is 0 Å². The Morgan fingerprint density at radius 1 is 0.966 bits per heavy atom. The Labute approximate surface area is 175 Å². The van der Waals surface area contributed by atoms with Gasteiger partial charge in [-0.2, -0.15) is 0 Å². The standard InChI is InChI=1S/C23H27FN4S/c1-2-5-20-25-22(21-18-6-3-4-7-19(18)29-23(21)26-20)28-14-12-27(13-15-28)17-10-8-16(24)9-11-17/h8-11H,2-7,12-15H2,1H3. The molecule has 1 aliphatic carbocycles. The van der Waals surface area contributed by atoms with Crippen molar-refractivity contribution < 1.29 is 4.39 Å². The van der Waals surface area contributed by atoms with E-state index < -0.39 is 0 Å². The predicted molar refractivity (Wildman–Crippen MR) is 119 cm³/mol.